The van der Waals surface area contributed by atoms with Crippen molar-refractivity contribution < 1.29 is 19.0 Å². The predicted octanol–water partition coefficient (Wildman–Crippen LogP) is 5.18. The van der Waals surface area contributed by atoms with Crippen molar-refractivity contribution in [2.75, 3.05) is 6.79 Å². The number of nitrogens with one attached hydrogen (secondary N) is 2. The van der Waals surface area contributed by atoms with E-state index in [-0.39, 0.29) is 18.7 Å². The molecule has 1 aromatic heterocycles. The first-order valence-electron chi connectivity index (χ1n) is 9.72. The van der Waals surface area contributed by atoms with E-state index in [1.807, 2.05) is 73.7 Å². The van der Waals surface area contributed by atoms with Crippen LogP contribution >= 0.6 is 0 Å². The van der Waals surface area contributed by atoms with Crippen LogP contribution in [0.4, 0.5) is 0 Å². The number of hydrogen-bond donors (Lipinski definition) is 2. The van der Waals surface area contributed by atoms with Gasteiger partial charge in [-0.3, -0.25) is 4.79 Å². The zero-order valence-corrected chi connectivity index (χ0v) is 16.3. The van der Waals surface area contributed by atoms with Crippen LogP contribution in [0.2, 0.25) is 0 Å². The molecule has 0 aliphatic carbocycles. The molecule has 4 aromatic rings. The van der Waals surface area contributed by atoms with E-state index in [1.165, 1.54) is 0 Å². The van der Waals surface area contributed by atoms with Gasteiger partial charge in [-0.05, 0) is 48.9 Å². The van der Waals surface area contributed by atoms with Gasteiger partial charge >= 0.3 is 0 Å². The number of ether oxygens (including phenoxy) is 3. The average Bonchev–Trinajstić information content (AvgIpc) is 3.40. The van der Waals surface area contributed by atoms with Crippen LogP contribution in [-0.4, -0.2) is 17.7 Å². The van der Waals surface area contributed by atoms with Gasteiger partial charge in [0.1, 0.15) is 17.2 Å². The molecule has 30 heavy (non-hydrogen) atoms. The summed E-state index contributed by atoms with van der Waals surface area (Å²) in [6.07, 6.45) is 0. The van der Waals surface area contributed by atoms with Crippen molar-refractivity contribution in [3.8, 4) is 23.0 Å². The van der Waals surface area contributed by atoms with Crippen molar-refractivity contribution in [2.24, 2.45) is 0 Å². The van der Waals surface area contributed by atoms with Crippen LogP contribution in [0.15, 0.2) is 72.8 Å². The summed E-state index contributed by atoms with van der Waals surface area (Å²) in [6, 6.07) is 22.7. The number of rotatable bonds is 5. The monoisotopic (exact) mass is 400 g/mol. The maximum absolute atomic E-state index is 12.7. The van der Waals surface area contributed by atoms with E-state index < -0.39 is 0 Å². The highest BCUT2D eigenvalue weighted by atomic mass is 16.7. The molecule has 2 heterocycles. The van der Waals surface area contributed by atoms with Gasteiger partial charge in [0.2, 0.25) is 6.79 Å². The Morgan fingerprint density at radius 2 is 1.73 bits per heavy atom. The molecule has 1 aliphatic heterocycles. The van der Waals surface area contributed by atoms with E-state index in [4.69, 9.17) is 14.2 Å². The molecule has 0 bridgehead atoms. The summed E-state index contributed by atoms with van der Waals surface area (Å²) >= 11 is 0. The lowest BCUT2D eigenvalue weighted by atomic mass is 10.1. The number of amides is 1. The summed E-state index contributed by atoms with van der Waals surface area (Å²) in [5.74, 6) is 2.56. The summed E-state index contributed by atoms with van der Waals surface area (Å²) in [6.45, 7) is 2.19. The number of hydrogen-bond acceptors (Lipinski definition) is 4. The molecule has 5 rings (SSSR count). The Morgan fingerprint density at radius 3 is 2.60 bits per heavy atom. The Balaban J connectivity index is 1.33. The number of aromatic nitrogens is 1. The molecular formula is C24H20N2O4. The Bertz CT molecular complexity index is 1220. The van der Waals surface area contributed by atoms with Crippen LogP contribution in [0.5, 0.6) is 23.0 Å². The van der Waals surface area contributed by atoms with Gasteiger partial charge < -0.3 is 24.5 Å². The second-order valence-corrected chi connectivity index (χ2v) is 7.16. The number of carbonyl (C=O) groups is 1. The molecule has 0 radical (unpaired) electrons. The highest BCUT2D eigenvalue weighted by Crippen LogP contribution is 2.37. The molecule has 1 atom stereocenters. The minimum Gasteiger partial charge on any atom is -0.457 e. The maximum atomic E-state index is 12.7. The summed E-state index contributed by atoms with van der Waals surface area (Å²) < 4.78 is 16.7. The molecule has 1 amide bonds. The molecular weight excluding hydrogens is 380 g/mol. The maximum Gasteiger partial charge on any atom is 0.268 e. The Hall–Kier alpha value is -3.93. The molecule has 6 nitrogen and oxygen atoms in total. The number of aromatic amines is 1. The molecule has 0 unspecified atom stereocenters. The molecule has 1 aliphatic rings. The van der Waals surface area contributed by atoms with E-state index in [0.29, 0.717) is 28.7 Å². The van der Waals surface area contributed by atoms with Gasteiger partial charge in [0.25, 0.3) is 5.91 Å². The molecule has 3 aromatic carbocycles. The predicted molar refractivity (Wildman–Crippen MR) is 113 cm³/mol. The zero-order chi connectivity index (χ0) is 20.5. The van der Waals surface area contributed by atoms with Crippen molar-refractivity contribution in [3.63, 3.8) is 0 Å². The first-order valence-corrected chi connectivity index (χ1v) is 9.72. The molecule has 0 fully saturated rings. The van der Waals surface area contributed by atoms with Crippen LogP contribution in [0.3, 0.4) is 0 Å². The largest absolute Gasteiger partial charge is 0.457 e. The Morgan fingerprint density at radius 1 is 0.967 bits per heavy atom. The van der Waals surface area contributed by atoms with Gasteiger partial charge in [-0.2, -0.15) is 0 Å². The molecule has 150 valence electrons. The Kier molecular flexibility index (Phi) is 4.52. The lowest BCUT2D eigenvalue weighted by Gasteiger charge is -2.13. The lowest BCUT2D eigenvalue weighted by Crippen LogP contribution is -2.26. The van der Waals surface area contributed by atoms with Crippen LogP contribution in [0.1, 0.15) is 29.0 Å². The van der Waals surface area contributed by atoms with Gasteiger partial charge in [-0.1, -0.05) is 30.3 Å². The molecule has 2 N–H and O–H groups in total. The Labute approximate surface area is 173 Å². The first kappa shape index (κ1) is 18.1. The third kappa shape index (κ3) is 3.55. The number of carbonyl (C=O) groups excluding carboxylic acids is 1. The van der Waals surface area contributed by atoms with Crippen molar-refractivity contribution in [1.29, 1.82) is 0 Å². The van der Waals surface area contributed by atoms with Gasteiger partial charge in [0, 0.05) is 17.0 Å². The van der Waals surface area contributed by atoms with Crippen LogP contribution in [-0.2, 0) is 0 Å². The van der Waals surface area contributed by atoms with Gasteiger partial charge in [0.05, 0.1) is 6.04 Å². The van der Waals surface area contributed by atoms with Gasteiger partial charge in [0.15, 0.2) is 11.5 Å². The molecule has 0 saturated heterocycles. The third-order valence-electron chi connectivity index (χ3n) is 5.06. The second kappa shape index (κ2) is 7.48. The van der Waals surface area contributed by atoms with Crippen molar-refractivity contribution in [2.45, 2.75) is 13.0 Å². The lowest BCUT2D eigenvalue weighted by molar-refractivity contribution is 0.0935. The molecule has 0 saturated carbocycles. The van der Waals surface area contributed by atoms with Crippen LogP contribution < -0.4 is 19.5 Å². The highest BCUT2D eigenvalue weighted by Gasteiger charge is 2.16. The summed E-state index contributed by atoms with van der Waals surface area (Å²) in [4.78, 5) is 15.9. The fourth-order valence-electron chi connectivity index (χ4n) is 3.47. The standard InChI is InChI=1S/C24H20N2O4/c1-15(16-5-3-2-4-6-16)25-24(27)21-12-17-11-18(7-9-20(17)26-21)30-19-8-10-22-23(13-19)29-14-28-22/h2-13,15,26H,14H2,1H3,(H,25,27)/t15-/m1/s1. The fourth-order valence-corrected chi connectivity index (χ4v) is 3.47. The topological polar surface area (TPSA) is 72.6 Å². The normalized spacial score (nSPS) is 13.2. The summed E-state index contributed by atoms with van der Waals surface area (Å²) in [5, 5.41) is 3.92. The number of benzene rings is 3. The quantitative estimate of drug-likeness (QED) is 0.484. The van der Waals surface area contributed by atoms with E-state index >= 15 is 0 Å². The first-order chi connectivity index (χ1) is 14.7. The SMILES string of the molecule is C[C@@H](NC(=O)c1cc2cc(Oc3ccc4c(c3)OCO4)ccc2[nH]1)c1ccccc1. The van der Waals surface area contributed by atoms with Crippen molar-refractivity contribution in [1.82, 2.24) is 10.3 Å². The van der Waals surface area contributed by atoms with Crippen molar-refractivity contribution in [3.05, 3.63) is 84.1 Å². The minimum atomic E-state index is -0.152. The minimum absolute atomic E-state index is 0.0879. The van der Waals surface area contributed by atoms with E-state index in [0.717, 1.165) is 16.5 Å². The smallest absolute Gasteiger partial charge is 0.268 e. The third-order valence-corrected chi connectivity index (χ3v) is 5.06. The zero-order valence-electron chi connectivity index (χ0n) is 16.3. The summed E-state index contributed by atoms with van der Waals surface area (Å²) in [7, 11) is 0. The fraction of sp³-hybridized carbons (Fsp3) is 0.125. The van der Waals surface area contributed by atoms with Crippen LogP contribution in [0, 0.1) is 0 Å². The summed E-state index contributed by atoms with van der Waals surface area (Å²) in [5.41, 5.74) is 2.43. The number of fused-ring (bicyclic) bond motifs is 2. The van der Waals surface area contributed by atoms with Gasteiger partial charge in [-0.25, -0.2) is 0 Å². The molecule has 6 heteroatoms. The van der Waals surface area contributed by atoms with E-state index in [2.05, 4.69) is 10.3 Å². The number of H-pyrrole nitrogens is 1. The highest BCUT2D eigenvalue weighted by molar-refractivity contribution is 5.98. The van der Waals surface area contributed by atoms with Crippen LogP contribution in [0.25, 0.3) is 10.9 Å². The van der Waals surface area contributed by atoms with Gasteiger partial charge in [-0.15, -0.1) is 0 Å². The van der Waals surface area contributed by atoms with Crippen molar-refractivity contribution >= 4 is 16.8 Å². The van der Waals surface area contributed by atoms with E-state index in [1.54, 1.807) is 6.07 Å². The average molecular weight is 400 g/mol. The molecule has 0 spiro atoms. The second-order valence-electron chi connectivity index (χ2n) is 7.16. The van der Waals surface area contributed by atoms with E-state index in [9.17, 15) is 4.79 Å².